The average molecular weight is 515 g/mol. The first-order valence-corrected chi connectivity index (χ1v) is 12.1. The SMILES string of the molecule is CCCSNc1ccc(F)c(C(=O)Cc2c(NC)ncnc2Nc2cccc(N(N)C(C)=N)c2)c1F. The van der Waals surface area contributed by atoms with Crippen LogP contribution in [-0.4, -0.2) is 34.4 Å². The summed E-state index contributed by atoms with van der Waals surface area (Å²) in [4.78, 5) is 21.6. The van der Waals surface area contributed by atoms with Crippen LogP contribution >= 0.6 is 11.9 Å². The van der Waals surface area contributed by atoms with Crippen LogP contribution < -0.4 is 26.2 Å². The van der Waals surface area contributed by atoms with Crippen molar-refractivity contribution in [1.82, 2.24) is 9.97 Å². The zero-order valence-corrected chi connectivity index (χ0v) is 21.0. The second-order valence-corrected chi connectivity index (χ2v) is 8.67. The Hall–Kier alpha value is -3.77. The van der Waals surface area contributed by atoms with Crippen LogP contribution in [0.2, 0.25) is 0 Å². The van der Waals surface area contributed by atoms with Crippen LogP contribution in [0.15, 0.2) is 42.7 Å². The summed E-state index contributed by atoms with van der Waals surface area (Å²) < 4.78 is 32.5. The second kappa shape index (κ2) is 12.3. The molecule has 1 aromatic heterocycles. The molecule has 0 atom stereocenters. The molecular weight excluding hydrogens is 486 g/mol. The van der Waals surface area contributed by atoms with Crippen LogP contribution in [0, 0.1) is 17.0 Å². The van der Waals surface area contributed by atoms with E-state index in [1.807, 2.05) is 6.92 Å². The van der Waals surface area contributed by atoms with Crippen molar-refractivity contribution in [3.8, 4) is 0 Å². The van der Waals surface area contributed by atoms with E-state index in [0.717, 1.165) is 18.2 Å². The highest BCUT2D eigenvalue weighted by atomic mass is 32.2. The summed E-state index contributed by atoms with van der Waals surface area (Å²) >= 11 is 1.28. The maximum Gasteiger partial charge on any atom is 0.173 e. The first-order chi connectivity index (χ1) is 17.3. The number of hydrogen-bond donors (Lipinski definition) is 5. The minimum Gasteiger partial charge on any atom is -0.373 e. The molecule has 0 spiro atoms. The van der Waals surface area contributed by atoms with Crippen molar-refractivity contribution < 1.29 is 13.6 Å². The predicted molar refractivity (Wildman–Crippen MR) is 142 cm³/mol. The lowest BCUT2D eigenvalue weighted by Gasteiger charge is -2.18. The van der Waals surface area contributed by atoms with E-state index >= 15 is 4.39 Å². The van der Waals surface area contributed by atoms with Crippen molar-refractivity contribution in [2.45, 2.75) is 26.7 Å². The number of hydrazine groups is 1. The molecule has 1 heterocycles. The van der Waals surface area contributed by atoms with Gasteiger partial charge < -0.3 is 15.4 Å². The van der Waals surface area contributed by atoms with Gasteiger partial charge >= 0.3 is 0 Å². The van der Waals surface area contributed by atoms with Crippen LogP contribution in [0.4, 0.5) is 37.5 Å². The van der Waals surface area contributed by atoms with E-state index in [4.69, 9.17) is 11.3 Å². The highest BCUT2D eigenvalue weighted by Crippen LogP contribution is 2.29. The number of ketones is 1. The molecule has 3 rings (SSSR count). The third-order valence-electron chi connectivity index (χ3n) is 5.13. The zero-order chi connectivity index (χ0) is 26.2. The fourth-order valence-electron chi connectivity index (χ4n) is 3.33. The summed E-state index contributed by atoms with van der Waals surface area (Å²) in [6, 6.07) is 9.27. The number of aromatic nitrogens is 2. The standard InChI is InChI=1S/C24H28F2N8OS/c1-4-10-36-33-19-9-8-18(25)21(22(19)26)20(35)12-17-23(29-3)30-13-31-24(17)32-15-6-5-7-16(11-15)34(28)14(2)27/h5-9,11,13,27,33H,4,10,12,28H2,1-3H3,(H2,29,30,31,32). The normalized spacial score (nSPS) is 10.6. The maximum absolute atomic E-state index is 15.1. The Kier molecular flexibility index (Phi) is 9.14. The van der Waals surface area contributed by atoms with E-state index in [2.05, 4.69) is 25.3 Å². The molecule has 6 N–H and O–H groups in total. The second-order valence-electron chi connectivity index (χ2n) is 7.76. The monoisotopic (exact) mass is 514 g/mol. The molecule has 0 saturated carbocycles. The van der Waals surface area contributed by atoms with E-state index in [1.54, 1.807) is 38.2 Å². The summed E-state index contributed by atoms with van der Waals surface area (Å²) in [7, 11) is 1.62. The number of anilines is 5. The lowest BCUT2D eigenvalue weighted by molar-refractivity contribution is 0.0985. The lowest BCUT2D eigenvalue weighted by atomic mass is 10.0. The van der Waals surface area contributed by atoms with E-state index in [-0.39, 0.29) is 23.8 Å². The number of Topliss-reactive ketones (excluding diaryl/α,β-unsaturated/α-hetero) is 1. The molecule has 0 radical (unpaired) electrons. The molecule has 0 bridgehead atoms. The molecule has 0 aliphatic rings. The number of carbonyl (C=O) groups is 1. The number of halogens is 2. The molecule has 190 valence electrons. The van der Waals surface area contributed by atoms with E-state index < -0.39 is 23.0 Å². The fourth-order valence-corrected chi connectivity index (χ4v) is 3.95. The van der Waals surface area contributed by atoms with Crippen molar-refractivity contribution in [1.29, 1.82) is 5.41 Å². The Morgan fingerprint density at radius 3 is 2.64 bits per heavy atom. The number of rotatable bonds is 11. The Morgan fingerprint density at radius 2 is 1.94 bits per heavy atom. The number of carbonyl (C=O) groups excluding carboxylic acids is 1. The molecule has 0 saturated heterocycles. The molecule has 12 heteroatoms. The smallest absolute Gasteiger partial charge is 0.173 e. The van der Waals surface area contributed by atoms with Crippen molar-refractivity contribution in [2.75, 3.05) is 33.2 Å². The molecule has 0 fully saturated rings. The molecule has 9 nitrogen and oxygen atoms in total. The van der Waals surface area contributed by atoms with Gasteiger partial charge in [-0.1, -0.05) is 24.9 Å². The average Bonchev–Trinajstić information content (AvgIpc) is 2.86. The fraction of sp³-hybridized carbons (Fsp3) is 0.250. The van der Waals surface area contributed by atoms with Gasteiger partial charge in [-0.05, 0) is 43.7 Å². The van der Waals surface area contributed by atoms with Crippen molar-refractivity contribution >= 4 is 52.3 Å². The van der Waals surface area contributed by atoms with Crippen LogP contribution in [0.25, 0.3) is 0 Å². The maximum atomic E-state index is 15.1. The molecule has 0 unspecified atom stereocenters. The third kappa shape index (κ3) is 6.26. The van der Waals surface area contributed by atoms with Gasteiger partial charge in [0.05, 0.1) is 16.9 Å². The number of amidine groups is 1. The van der Waals surface area contributed by atoms with Crippen molar-refractivity contribution in [2.24, 2.45) is 5.84 Å². The van der Waals surface area contributed by atoms with Crippen molar-refractivity contribution in [3.05, 3.63) is 65.5 Å². The summed E-state index contributed by atoms with van der Waals surface area (Å²) in [6.07, 6.45) is 1.82. The first-order valence-electron chi connectivity index (χ1n) is 11.1. The predicted octanol–water partition coefficient (Wildman–Crippen LogP) is 5.11. The van der Waals surface area contributed by atoms with Gasteiger partial charge in [0.1, 0.15) is 29.6 Å². The van der Waals surface area contributed by atoms with Crippen LogP contribution in [0.3, 0.4) is 0 Å². The van der Waals surface area contributed by atoms with Gasteiger partial charge in [0, 0.05) is 30.5 Å². The van der Waals surface area contributed by atoms with Gasteiger partial charge in [-0.2, -0.15) is 0 Å². The molecule has 3 aromatic rings. The van der Waals surface area contributed by atoms with Gasteiger partial charge in [0.15, 0.2) is 11.6 Å². The molecule has 0 aliphatic heterocycles. The zero-order valence-electron chi connectivity index (χ0n) is 20.2. The van der Waals surface area contributed by atoms with Crippen LogP contribution in [0.5, 0.6) is 0 Å². The Bertz CT molecular complexity index is 1260. The quantitative estimate of drug-likeness (QED) is 0.0450. The molecular formula is C24H28F2N8OS. The highest BCUT2D eigenvalue weighted by Gasteiger charge is 2.24. The van der Waals surface area contributed by atoms with Gasteiger partial charge in [0.2, 0.25) is 0 Å². The third-order valence-corrected chi connectivity index (χ3v) is 6.10. The van der Waals surface area contributed by atoms with Crippen LogP contribution in [0.1, 0.15) is 36.2 Å². The molecule has 2 aromatic carbocycles. The Balaban J connectivity index is 1.93. The minimum atomic E-state index is -0.946. The van der Waals surface area contributed by atoms with Gasteiger partial charge in [-0.3, -0.25) is 15.2 Å². The number of nitrogens with two attached hydrogens (primary N) is 1. The molecule has 0 amide bonds. The molecule has 0 aliphatic carbocycles. The highest BCUT2D eigenvalue weighted by molar-refractivity contribution is 8.00. The topological polar surface area (TPSA) is 132 Å². The Labute approximate surface area is 212 Å². The number of hydrogen-bond acceptors (Lipinski definition) is 9. The number of nitrogens with one attached hydrogen (secondary N) is 4. The number of benzene rings is 2. The lowest BCUT2D eigenvalue weighted by Crippen LogP contribution is -2.34. The van der Waals surface area contributed by atoms with E-state index in [0.29, 0.717) is 22.8 Å². The summed E-state index contributed by atoms with van der Waals surface area (Å²) in [5, 5.41) is 14.9. The molecule has 36 heavy (non-hydrogen) atoms. The largest absolute Gasteiger partial charge is 0.373 e. The minimum absolute atomic E-state index is 0.0411. The Morgan fingerprint density at radius 1 is 1.19 bits per heavy atom. The summed E-state index contributed by atoms with van der Waals surface area (Å²) in [5.74, 6) is 4.74. The van der Waals surface area contributed by atoms with E-state index in [1.165, 1.54) is 29.4 Å². The van der Waals surface area contributed by atoms with Crippen LogP contribution in [-0.2, 0) is 6.42 Å². The van der Waals surface area contributed by atoms with Gasteiger partial charge in [0.25, 0.3) is 0 Å². The summed E-state index contributed by atoms with van der Waals surface area (Å²) in [5.41, 5.74) is 0.883. The van der Waals surface area contributed by atoms with Gasteiger partial charge in [-0.25, -0.2) is 24.6 Å². The van der Waals surface area contributed by atoms with Crippen molar-refractivity contribution in [3.63, 3.8) is 0 Å². The first kappa shape index (κ1) is 26.8. The van der Waals surface area contributed by atoms with E-state index in [9.17, 15) is 9.18 Å². The van der Waals surface area contributed by atoms with Gasteiger partial charge in [-0.15, -0.1) is 0 Å². The number of nitrogens with zero attached hydrogens (tertiary/aromatic N) is 3. The summed E-state index contributed by atoms with van der Waals surface area (Å²) in [6.45, 7) is 3.54.